The van der Waals surface area contributed by atoms with E-state index < -0.39 is 17.7 Å². The number of nitrogens with one attached hydrogen (secondary N) is 2. The molecule has 1 heterocycles. The first kappa shape index (κ1) is 19.1. The highest BCUT2D eigenvalue weighted by Crippen LogP contribution is 2.46. The maximum absolute atomic E-state index is 12.5. The summed E-state index contributed by atoms with van der Waals surface area (Å²) < 4.78 is 12.2. The van der Waals surface area contributed by atoms with E-state index in [0.29, 0.717) is 17.0 Å². The van der Waals surface area contributed by atoms with Gasteiger partial charge < -0.3 is 25.8 Å². The topological polar surface area (TPSA) is 103 Å². The third kappa shape index (κ3) is 4.13. The minimum Gasteiger partial charge on any atom is -0.448 e. The second-order valence-electron chi connectivity index (χ2n) is 7.63. The SMILES string of the molecule is C[C@H](Nc1ccc2c(c1)OC1(CCCCC1)O2)C(=O)Nc1ccc(C(N)=O)cc1. The Morgan fingerprint density at radius 3 is 2.31 bits per heavy atom. The van der Waals surface area contributed by atoms with E-state index in [1.165, 1.54) is 6.42 Å². The molecule has 1 aliphatic heterocycles. The van der Waals surface area contributed by atoms with Gasteiger partial charge in [0.05, 0.1) is 0 Å². The van der Waals surface area contributed by atoms with E-state index in [1.807, 2.05) is 18.2 Å². The maximum atomic E-state index is 12.5. The average molecular weight is 395 g/mol. The van der Waals surface area contributed by atoms with Crippen molar-refractivity contribution >= 4 is 23.2 Å². The highest BCUT2D eigenvalue weighted by molar-refractivity contribution is 5.97. The predicted molar refractivity (Wildman–Crippen MR) is 110 cm³/mol. The third-order valence-electron chi connectivity index (χ3n) is 5.36. The summed E-state index contributed by atoms with van der Waals surface area (Å²) in [6.07, 6.45) is 5.23. The van der Waals surface area contributed by atoms with Crippen LogP contribution >= 0.6 is 0 Å². The number of carbonyl (C=O) groups excluding carboxylic acids is 2. The summed E-state index contributed by atoms with van der Waals surface area (Å²) >= 11 is 0. The lowest BCUT2D eigenvalue weighted by Gasteiger charge is -2.31. The van der Waals surface area contributed by atoms with Crippen LogP contribution < -0.4 is 25.8 Å². The molecule has 0 aromatic heterocycles. The molecule has 29 heavy (non-hydrogen) atoms. The third-order valence-corrected chi connectivity index (χ3v) is 5.36. The Labute approximate surface area is 169 Å². The molecule has 0 radical (unpaired) electrons. The van der Waals surface area contributed by atoms with E-state index in [-0.39, 0.29) is 5.91 Å². The zero-order chi connectivity index (χ0) is 20.4. The van der Waals surface area contributed by atoms with Gasteiger partial charge in [-0.15, -0.1) is 0 Å². The molecule has 1 aliphatic carbocycles. The molecule has 2 amide bonds. The van der Waals surface area contributed by atoms with Crippen LogP contribution in [0.4, 0.5) is 11.4 Å². The van der Waals surface area contributed by atoms with Gasteiger partial charge in [-0.05, 0) is 56.2 Å². The van der Waals surface area contributed by atoms with Gasteiger partial charge in [0.15, 0.2) is 11.5 Å². The monoisotopic (exact) mass is 395 g/mol. The standard InChI is InChI=1S/C22H25N3O4/c1-14(21(27)25-16-7-5-15(6-8-16)20(23)26)24-17-9-10-18-19(13-17)29-22(28-18)11-3-2-4-12-22/h5-10,13-14,24H,2-4,11-12H2,1H3,(H2,23,26)(H,25,27)/t14-/m0/s1. The van der Waals surface area contributed by atoms with Crippen LogP contribution in [0, 0.1) is 0 Å². The van der Waals surface area contributed by atoms with Gasteiger partial charge >= 0.3 is 0 Å². The van der Waals surface area contributed by atoms with Gasteiger partial charge in [-0.2, -0.15) is 0 Å². The molecule has 4 N–H and O–H groups in total. The number of anilines is 2. The summed E-state index contributed by atoms with van der Waals surface area (Å²) in [5.41, 5.74) is 7.00. The Kier molecular flexibility index (Phi) is 5.05. The van der Waals surface area contributed by atoms with Crippen molar-refractivity contribution < 1.29 is 19.1 Å². The first-order valence-electron chi connectivity index (χ1n) is 9.93. The number of hydrogen-bond donors (Lipinski definition) is 3. The second kappa shape index (κ2) is 7.66. The van der Waals surface area contributed by atoms with E-state index in [9.17, 15) is 9.59 Å². The van der Waals surface area contributed by atoms with E-state index in [2.05, 4.69) is 10.6 Å². The molecule has 4 rings (SSSR count). The van der Waals surface area contributed by atoms with Gasteiger partial charge in [0.25, 0.3) is 5.79 Å². The fourth-order valence-electron chi connectivity index (χ4n) is 3.76. The highest BCUT2D eigenvalue weighted by atomic mass is 16.7. The second-order valence-corrected chi connectivity index (χ2v) is 7.63. The van der Waals surface area contributed by atoms with Crippen LogP contribution in [-0.2, 0) is 4.79 Å². The number of nitrogens with two attached hydrogens (primary N) is 1. The molecular weight excluding hydrogens is 370 g/mol. The molecule has 7 nitrogen and oxygen atoms in total. The smallest absolute Gasteiger partial charge is 0.251 e. The van der Waals surface area contributed by atoms with Crippen molar-refractivity contribution in [2.24, 2.45) is 5.73 Å². The highest BCUT2D eigenvalue weighted by Gasteiger charge is 2.42. The Morgan fingerprint density at radius 1 is 0.966 bits per heavy atom. The molecule has 0 saturated heterocycles. The summed E-state index contributed by atoms with van der Waals surface area (Å²) in [5, 5.41) is 6.01. The van der Waals surface area contributed by atoms with E-state index in [1.54, 1.807) is 31.2 Å². The quantitative estimate of drug-likeness (QED) is 0.717. The summed E-state index contributed by atoms with van der Waals surface area (Å²) in [6.45, 7) is 1.78. The molecule has 152 valence electrons. The van der Waals surface area contributed by atoms with Crippen LogP contribution in [0.2, 0.25) is 0 Å². The van der Waals surface area contributed by atoms with Gasteiger partial charge in [0.2, 0.25) is 11.8 Å². The minimum absolute atomic E-state index is 0.196. The fraction of sp³-hybridized carbons (Fsp3) is 0.364. The van der Waals surface area contributed by atoms with Crippen LogP contribution in [0.1, 0.15) is 49.4 Å². The van der Waals surface area contributed by atoms with Gasteiger partial charge in [0.1, 0.15) is 6.04 Å². The number of fused-ring (bicyclic) bond motifs is 1. The maximum Gasteiger partial charge on any atom is 0.251 e. The van der Waals surface area contributed by atoms with Crippen molar-refractivity contribution in [1.29, 1.82) is 0 Å². The van der Waals surface area contributed by atoms with Gasteiger partial charge in [-0.3, -0.25) is 9.59 Å². The Bertz CT molecular complexity index is 920. The molecule has 1 atom stereocenters. The van der Waals surface area contributed by atoms with Crippen LogP contribution in [0.15, 0.2) is 42.5 Å². The number of hydrogen-bond acceptors (Lipinski definition) is 5. The van der Waals surface area contributed by atoms with Crippen LogP contribution in [0.25, 0.3) is 0 Å². The lowest BCUT2D eigenvalue weighted by molar-refractivity contribution is -0.116. The molecule has 0 bridgehead atoms. The lowest BCUT2D eigenvalue weighted by atomic mass is 9.94. The van der Waals surface area contributed by atoms with Crippen molar-refractivity contribution in [2.75, 3.05) is 10.6 Å². The number of benzene rings is 2. The van der Waals surface area contributed by atoms with Crippen molar-refractivity contribution in [3.8, 4) is 11.5 Å². The van der Waals surface area contributed by atoms with Crippen molar-refractivity contribution in [2.45, 2.75) is 50.9 Å². The molecule has 7 heteroatoms. The number of primary amides is 1. The Balaban J connectivity index is 1.37. The first-order valence-corrected chi connectivity index (χ1v) is 9.93. The fourth-order valence-corrected chi connectivity index (χ4v) is 3.76. The van der Waals surface area contributed by atoms with E-state index >= 15 is 0 Å². The van der Waals surface area contributed by atoms with E-state index in [4.69, 9.17) is 15.2 Å². The van der Waals surface area contributed by atoms with Crippen LogP contribution in [-0.4, -0.2) is 23.6 Å². The molecule has 1 saturated carbocycles. The number of carbonyl (C=O) groups is 2. The Morgan fingerprint density at radius 2 is 1.62 bits per heavy atom. The molecular formula is C22H25N3O4. The Hall–Kier alpha value is -3.22. The van der Waals surface area contributed by atoms with Crippen molar-refractivity contribution in [1.82, 2.24) is 0 Å². The normalized spacial score (nSPS) is 17.6. The van der Waals surface area contributed by atoms with E-state index in [0.717, 1.165) is 37.1 Å². The zero-order valence-electron chi connectivity index (χ0n) is 16.4. The average Bonchev–Trinajstić information content (AvgIpc) is 3.05. The van der Waals surface area contributed by atoms with Gasteiger partial charge in [-0.1, -0.05) is 6.42 Å². The predicted octanol–water partition coefficient (Wildman–Crippen LogP) is 3.66. The molecule has 1 spiro atoms. The number of amides is 2. The van der Waals surface area contributed by atoms with Crippen molar-refractivity contribution in [3.05, 3.63) is 48.0 Å². The molecule has 2 aromatic carbocycles. The first-order chi connectivity index (χ1) is 13.9. The molecule has 2 aromatic rings. The van der Waals surface area contributed by atoms with Crippen molar-refractivity contribution in [3.63, 3.8) is 0 Å². The summed E-state index contributed by atoms with van der Waals surface area (Å²) in [7, 11) is 0. The summed E-state index contributed by atoms with van der Waals surface area (Å²) in [5.74, 6) is 0.254. The van der Waals surface area contributed by atoms with Gasteiger partial charge in [0, 0.05) is 35.8 Å². The summed E-state index contributed by atoms with van der Waals surface area (Å²) in [6, 6.07) is 11.6. The summed E-state index contributed by atoms with van der Waals surface area (Å²) in [4.78, 5) is 23.6. The zero-order valence-corrected chi connectivity index (χ0v) is 16.4. The number of rotatable bonds is 5. The number of ether oxygens (including phenoxy) is 2. The van der Waals surface area contributed by atoms with Crippen LogP contribution in [0.5, 0.6) is 11.5 Å². The largest absolute Gasteiger partial charge is 0.448 e. The molecule has 1 fully saturated rings. The van der Waals surface area contributed by atoms with Gasteiger partial charge in [-0.25, -0.2) is 0 Å². The molecule has 2 aliphatic rings. The lowest BCUT2D eigenvalue weighted by Crippen LogP contribution is -2.40. The minimum atomic E-state index is -0.515. The van der Waals surface area contributed by atoms with Crippen LogP contribution in [0.3, 0.4) is 0 Å². The molecule has 0 unspecified atom stereocenters.